The second-order valence-corrected chi connectivity index (χ2v) is 0.283. The topological polar surface area (TPSA) is 57.5 Å². The average molecular weight is 243 g/mol. The summed E-state index contributed by atoms with van der Waals surface area (Å²) in [6, 6.07) is 0. The Morgan fingerprint density at radius 3 is 1.50 bits per heavy atom. The maximum absolute atomic E-state index is 8.56. The van der Waals surface area contributed by atoms with E-state index in [0.29, 0.717) is 0 Å². The van der Waals surface area contributed by atoms with Gasteiger partial charge in [0, 0.05) is 0 Å². The second-order valence-electron chi connectivity index (χ2n) is 0.283. The van der Waals surface area contributed by atoms with Crippen molar-refractivity contribution in [2.75, 3.05) is 0 Å². The summed E-state index contributed by atoms with van der Waals surface area (Å²) >= 11 is 0. The van der Waals surface area contributed by atoms with Crippen LogP contribution in [0.1, 0.15) is 5.71 Å². The van der Waals surface area contributed by atoms with E-state index < -0.39 is 6.16 Å². The first kappa shape index (κ1) is 15.7. The van der Waals surface area contributed by atoms with Crippen molar-refractivity contribution in [3.63, 3.8) is 0 Å². The summed E-state index contributed by atoms with van der Waals surface area (Å²) in [5.41, 5.74) is 0. The molecule has 0 aliphatic rings. The maximum atomic E-state index is 8.56. The Morgan fingerprint density at radius 1 is 1.50 bits per heavy atom. The smallest absolute Gasteiger partial charge is 1.00 e. The van der Waals surface area contributed by atoms with E-state index in [9.17, 15) is 0 Å². The van der Waals surface area contributed by atoms with Gasteiger partial charge in [0.15, 0.2) is 0 Å². The minimum atomic E-state index is -1.83. The third kappa shape index (κ3) is 36.0. The Labute approximate surface area is 111 Å². The normalized spacial score (nSPS) is 4.00. The van der Waals surface area contributed by atoms with Crippen LogP contribution in [0.2, 0.25) is 0 Å². The van der Waals surface area contributed by atoms with Crippen LogP contribution in [-0.4, -0.2) is 103 Å². The van der Waals surface area contributed by atoms with Crippen LogP contribution in [0.3, 0.4) is 0 Å². The molecule has 5 heteroatoms. The Hall–Kier alpha value is 2.10. The molecule has 0 radical (unpaired) electrons. The summed E-state index contributed by atoms with van der Waals surface area (Å²) in [4.78, 5) is 8.56. The van der Waals surface area contributed by atoms with Crippen molar-refractivity contribution >= 4 is 92.8 Å². The monoisotopic (exact) mass is 244 g/mol. The molecule has 0 aromatic carbocycles. The van der Waals surface area contributed by atoms with Crippen LogP contribution < -0.4 is 0 Å². The van der Waals surface area contributed by atoms with Gasteiger partial charge in [0.05, 0.1) is 0 Å². The van der Waals surface area contributed by atoms with Gasteiger partial charge in [0.2, 0.25) is 0 Å². The van der Waals surface area contributed by atoms with E-state index in [1.54, 1.807) is 0 Å². The van der Waals surface area contributed by atoms with Crippen LogP contribution in [0.4, 0.5) is 4.79 Å². The van der Waals surface area contributed by atoms with Gasteiger partial charge >= 0.3 is 92.8 Å². The van der Waals surface area contributed by atoms with Crippen molar-refractivity contribution in [2.24, 2.45) is 0 Å². The summed E-state index contributed by atoms with van der Waals surface area (Å²) in [5.74, 6) is 0. The zero-order chi connectivity index (χ0) is 3.58. The van der Waals surface area contributed by atoms with E-state index in [2.05, 4.69) is 0 Å². The fraction of sp³-hybridized carbons (Fsp3) is 0. The molecule has 0 spiro atoms. The molecule has 0 fully saturated rings. The largest absolute Gasteiger partial charge is 2.00 e. The van der Waals surface area contributed by atoms with Crippen molar-refractivity contribution < 1.29 is 20.7 Å². The van der Waals surface area contributed by atoms with Crippen LogP contribution in [0.5, 0.6) is 0 Å². The predicted octanol–water partition coefficient (Wildman–Crippen LogP) is -0.0892. The van der Waals surface area contributed by atoms with Gasteiger partial charge in [0.25, 0.3) is 0 Å². The third-order valence-electron chi connectivity index (χ3n) is 0. The van der Waals surface area contributed by atoms with Gasteiger partial charge < -0.3 is 15.9 Å². The Balaban J connectivity index is -0.00000000300. The van der Waals surface area contributed by atoms with Crippen molar-refractivity contribution in [3.05, 3.63) is 0 Å². The minimum Gasteiger partial charge on any atom is -1.00 e. The second kappa shape index (κ2) is 10.2. The SMILES string of the molecule is O=C(O)O.[Ba+2].[Ca+2].[H-].[H-].[H-].[H-]. The Kier molecular flexibility index (Phi) is 26.6. The molecular weight excluding hydrogens is 237 g/mol. The molecule has 0 unspecified atom stereocenters. The van der Waals surface area contributed by atoms with Crippen LogP contribution in [0.25, 0.3) is 0 Å². The molecule has 0 amide bonds. The first-order chi connectivity index (χ1) is 1.73. The molecule has 0 saturated heterocycles. The number of rotatable bonds is 0. The molecular formula is CH6BaCaO3. The summed E-state index contributed by atoms with van der Waals surface area (Å²) in [5, 5.41) is 13.9. The van der Waals surface area contributed by atoms with Gasteiger partial charge in [-0.1, -0.05) is 0 Å². The molecule has 0 saturated carbocycles. The predicted molar refractivity (Wildman–Crippen MR) is 26.6 cm³/mol. The zero-order valence-electron chi connectivity index (χ0n) is 7.22. The number of hydrogen-bond acceptors (Lipinski definition) is 1. The number of carbonyl (C=O) groups is 1. The molecule has 6 heavy (non-hydrogen) atoms. The molecule has 0 atom stereocenters. The first-order valence-electron chi connectivity index (χ1n) is 0.651. The maximum Gasteiger partial charge on any atom is 2.00 e. The molecule has 32 valence electrons. The Bertz CT molecular complexity index is 43.5. The van der Waals surface area contributed by atoms with Crippen LogP contribution in [0.15, 0.2) is 0 Å². The van der Waals surface area contributed by atoms with Gasteiger partial charge in [-0.15, -0.1) is 0 Å². The molecule has 0 aromatic heterocycles. The van der Waals surface area contributed by atoms with Gasteiger partial charge in [-0.05, 0) is 0 Å². The fourth-order valence-electron chi connectivity index (χ4n) is 0. The number of carboxylic acid groups (broad SMARTS) is 2. The van der Waals surface area contributed by atoms with Crippen LogP contribution >= 0.6 is 0 Å². The van der Waals surface area contributed by atoms with Gasteiger partial charge in [-0.2, -0.15) is 0 Å². The quantitative estimate of drug-likeness (QED) is 0.585. The summed E-state index contributed by atoms with van der Waals surface area (Å²) in [7, 11) is 0. The molecule has 0 heterocycles. The van der Waals surface area contributed by atoms with Crippen LogP contribution in [0, 0.1) is 0 Å². The summed E-state index contributed by atoms with van der Waals surface area (Å²) in [6.45, 7) is 0. The zero-order valence-corrected chi connectivity index (χ0v) is 9.87. The van der Waals surface area contributed by atoms with E-state index >= 15 is 0 Å². The Morgan fingerprint density at radius 2 is 1.50 bits per heavy atom. The molecule has 0 aliphatic heterocycles. The van der Waals surface area contributed by atoms with Crippen molar-refractivity contribution in [2.45, 2.75) is 0 Å². The standard InChI is InChI=1S/CH2O3.Ba.Ca.4H/c2-1(3)4;;;;;;/h(H2,2,3,4);;;;;;/q;2*+2;4*-1. The van der Waals surface area contributed by atoms with E-state index in [-0.39, 0.29) is 92.3 Å². The van der Waals surface area contributed by atoms with Crippen molar-refractivity contribution in [1.82, 2.24) is 0 Å². The van der Waals surface area contributed by atoms with E-state index in [4.69, 9.17) is 15.0 Å². The van der Waals surface area contributed by atoms with Crippen molar-refractivity contribution in [3.8, 4) is 0 Å². The third-order valence-corrected chi connectivity index (χ3v) is 0. The average Bonchev–Trinajstić information content (AvgIpc) is 0.811. The minimum absolute atomic E-state index is 0. The molecule has 3 nitrogen and oxygen atoms in total. The van der Waals surface area contributed by atoms with Gasteiger partial charge in [0.1, 0.15) is 0 Å². The molecule has 2 N–H and O–H groups in total. The first-order valence-corrected chi connectivity index (χ1v) is 0.651. The molecule has 0 bridgehead atoms. The van der Waals surface area contributed by atoms with E-state index in [0.717, 1.165) is 0 Å². The van der Waals surface area contributed by atoms with E-state index in [1.165, 1.54) is 0 Å². The van der Waals surface area contributed by atoms with Gasteiger partial charge in [-0.25, -0.2) is 4.79 Å². The number of hydrogen-bond donors (Lipinski definition) is 2. The summed E-state index contributed by atoms with van der Waals surface area (Å²) in [6.07, 6.45) is -1.83. The molecule has 0 rings (SSSR count). The van der Waals surface area contributed by atoms with Crippen LogP contribution in [-0.2, 0) is 0 Å². The van der Waals surface area contributed by atoms with Gasteiger partial charge in [-0.3, -0.25) is 0 Å². The van der Waals surface area contributed by atoms with Crippen molar-refractivity contribution in [1.29, 1.82) is 0 Å². The van der Waals surface area contributed by atoms with E-state index in [1.807, 2.05) is 0 Å². The molecule has 0 aromatic rings. The molecule has 0 aliphatic carbocycles. The summed E-state index contributed by atoms with van der Waals surface area (Å²) < 4.78 is 0. The fourth-order valence-corrected chi connectivity index (χ4v) is 0.